The maximum atomic E-state index is 12.3. The second-order valence-corrected chi connectivity index (χ2v) is 5.68. The van der Waals surface area contributed by atoms with Crippen LogP contribution >= 0.6 is 0 Å². The fourth-order valence-corrected chi connectivity index (χ4v) is 2.65. The number of carbonyl (C=O) groups excluding carboxylic acids is 2. The van der Waals surface area contributed by atoms with E-state index in [1.165, 1.54) is 4.90 Å². The van der Waals surface area contributed by atoms with Crippen molar-refractivity contribution in [1.82, 2.24) is 10.2 Å². The third-order valence-corrected chi connectivity index (χ3v) is 4.11. The second kappa shape index (κ2) is 7.85. The lowest BCUT2D eigenvalue weighted by molar-refractivity contribution is -0.140. The summed E-state index contributed by atoms with van der Waals surface area (Å²) in [5.74, 6) is -1.85. The Bertz CT molecular complexity index is 394. The number of carboxylic acids is 1. The van der Waals surface area contributed by atoms with E-state index in [4.69, 9.17) is 5.73 Å². The minimum atomic E-state index is -1.07. The van der Waals surface area contributed by atoms with Gasteiger partial charge in [0, 0.05) is 6.04 Å². The molecule has 7 nitrogen and oxygen atoms in total. The van der Waals surface area contributed by atoms with Crippen molar-refractivity contribution in [2.75, 3.05) is 6.54 Å². The van der Waals surface area contributed by atoms with Crippen LogP contribution in [0.1, 0.15) is 46.0 Å². The van der Waals surface area contributed by atoms with Crippen LogP contribution in [0.3, 0.4) is 0 Å². The van der Waals surface area contributed by atoms with Gasteiger partial charge in [0.1, 0.15) is 12.6 Å². The van der Waals surface area contributed by atoms with Crippen molar-refractivity contribution in [2.45, 2.75) is 58.0 Å². The molecule has 0 bridgehead atoms. The van der Waals surface area contributed by atoms with Gasteiger partial charge < -0.3 is 21.1 Å². The first-order valence-electron chi connectivity index (χ1n) is 7.45. The van der Waals surface area contributed by atoms with Crippen molar-refractivity contribution >= 4 is 17.9 Å². The SMILES string of the molecule is CCC(C)C(NC(=O)N(CC(N)=O)C1CCCC1)C(=O)O. The predicted molar refractivity (Wildman–Crippen MR) is 77.6 cm³/mol. The summed E-state index contributed by atoms with van der Waals surface area (Å²) in [6.07, 6.45) is 4.28. The molecular formula is C14H25N3O4. The molecule has 0 heterocycles. The highest BCUT2D eigenvalue weighted by atomic mass is 16.4. The topological polar surface area (TPSA) is 113 Å². The highest BCUT2D eigenvalue weighted by molar-refractivity contribution is 5.86. The van der Waals surface area contributed by atoms with Crippen molar-refractivity contribution in [3.05, 3.63) is 0 Å². The number of rotatable bonds is 7. The maximum absolute atomic E-state index is 12.3. The number of nitrogens with two attached hydrogens (primary N) is 1. The number of aliphatic carboxylic acids is 1. The molecule has 120 valence electrons. The molecule has 0 radical (unpaired) electrons. The van der Waals surface area contributed by atoms with Crippen molar-refractivity contribution in [1.29, 1.82) is 0 Å². The molecule has 0 aliphatic heterocycles. The number of nitrogens with zero attached hydrogens (tertiary/aromatic N) is 1. The molecule has 3 amide bonds. The van der Waals surface area contributed by atoms with E-state index in [-0.39, 0.29) is 18.5 Å². The molecule has 0 aromatic carbocycles. The molecule has 2 atom stereocenters. The van der Waals surface area contributed by atoms with Crippen molar-refractivity contribution in [2.24, 2.45) is 11.7 Å². The van der Waals surface area contributed by atoms with Crippen LogP contribution in [0.25, 0.3) is 0 Å². The molecular weight excluding hydrogens is 274 g/mol. The third kappa shape index (κ3) is 4.91. The molecule has 2 unspecified atom stereocenters. The number of carboxylic acid groups (broad SMARTS) is 1. The average molecular weight is 299 g/mol. The molecule has 7 heteroatoms. The summed E-state index contributed by atoms with van der Waals surface area (Å²) < 4.78 is 0. The predicted octanol–water partition coefficient (Wildman–Crippen LogP) is 0.925. The zero-order valence-electron chi connectivity index (χ0n) is 12.7. The van der Waals surface area contributed by atoms with Crippen LogP contribution in [0.15, 0.2) is 0 Å². The summed E-state index contributed by atoms with van der Waals surface area (Å²) >= 11 is 0. The van der Waals surface area contributed by atoms with Crippen LogP contribution in [-0.4, -0.2) is 46.5 Å². The van der Waals surface area contributed by atoms with E-state index < -0.39 is 23.9 Å². The highest BCUT2D eigenvalue weighted by Gasteiger charge is 2.32. The quantitative estimate of drug-likeness (QED) is 0.649. The molecule has 0 aromatic heterocycles. The monoisotopic (exact) mass is 299 g/mol. The van der Waals surface area contributed by atoms with Crippen molar-refractivity contribution in [3.8, 4) is 0 Å². The Morgan fingerprint density at radius 2 is 1.90 bits per heavy atom. The zero-order chi connectivity index (χ0) is 16.0. The number of nitrogens with one attached hydrogen (secondary N) is 1. The summed E-state index contributed by atoms with van der Waals surface area (Å²) in [6, 6.07) is -1.52. The standard InChI is InChI=1S/C14H25N3O4/c1-3-9(2)12(13(19)20)16-14(21)17(8-11(15)18)10-6-4-5-7-10/h9-10,12H,3-8H2,1-2H3,(H2,15,18)(H,16,21)(H,19,20). The van der Waals surface area contributed by atoms with Gasteiger partial charge in [-0.1, -0.05) is 33.1 Å². The molecule has 0 aromatic rings. The van der Waals surface area contributed by atoms with Gasteiger partial charge in [0.25, 0.3) is 0 Å². The number of urea groups is 1. The van der Waals surface area contributed by atoms with Gasteiger partial charge in [0.2, 0.25) is 5.91 Å². The van der Waals surface area contributed by atoms with E-state index in [1.807, 2.05) is 6.92 Å². The van der Waals surface area contributed by atoms with E-state index in [2.05, 4.69) is 5.32 Å². The van der Waals surface area contributed by atoms with Crippen LogP contribution in [0.2, 0.25) is 0 Å². The van der Waals surface area contributed by atoms with E-state index in [0.717, 1.165) is 25.7 Å². The Morgan fingerprint density at radius 3 is 2.33 bits per heavy atom. The summed E-state index contributed by atoms with van der Waals surface area (Å²) in [5.41, 5.74) is 5.20. The number of carbonyl (C=O) groups is 3. The number of amides is 3. The van der Waals surface area contributed by atoms with Crippen LogP contribution in [0.4, 0.5) is 4.79 Å². The third-order valence-electron chi connectivity index (χ3n) is 4.11. The fourth-order valence-electron chi connectivity index (χ4n) is 2.65. The van der Waals surface area contributed by atoms with Crippen molar-refractivity contribution in [3.63, 3.8) is 0 Å². The van der Waals surface area contributed by atoms with Crippen molar-refractivity contribution < 1.29 is 19.5 Å². The molecule has 1 aliphatic rings. The van der Waals surface area contributed by atoms with Gasteiger partial charge in [0.05, 0.1) is 0 Å². The summed E-state index contributed by atoms with van der Waals surface area (Å²) in [6.45, 7) is 3.46. The van der Waals surface area contributed by atoms with Crippen LogP contribution in [0, 0.1) is 5.92 Å². The second-order valence-electron chi connectivity index (χ2n) is 5.68. The van der Waals surface area contributed by atoms with Gasteiger partial charge >= 0.3 is 12.0 Å². The first-order valence-corrected chi connectivity index (χ1v) is 7.45. The van der Waals surface area contributed by atoms with Gasteiger partial charge in [-0.25, -0.2) is 9.59 Å². The molecule has 1 rings (SSSR count). The first kappa shape index (κ1) is 17.3. The Balaban J connectivity index is 2.78. The van der Waals surface area contributed by atoms with Crippen LogP contribution in [-0.2, 0) is 9.59 Å². The van der Waals surface area contributed by atoms with E-state index in [1.54, 1.807) is 6.92 Å². The number of primary amides is 1. The minimum Gasteiger partial charge on any atom is -0.480 e. The number of hydrogen-bond donors (Lipinski definition) is 3. The van der Waals surface area contributed by atoms with E-state index in [0.29, 0.717) is 6.42 Å². The molecule has 0 spiro atoms. The molecule has 4 N–H and O–H groups in total. The van der Waals surface area contributed by atoms with Gasteiger partial charge in [-0.2, -0.15) is 0 Å². The average Bonchev–Trinajstić information content (AvgIpc) is 2.94. The molecule has 1 aliphatic carbocycles. The van der Waals surface area contributed by atoms with Gasteiger partial charge in [-0.05, 0) is 18.8 Å². The molecule has 1 saturated carbocycles. The Labute approximate surface area is 124 Å². The zero-order valence-corrected chi connectivity index (χ0v) is 12.7. The summed E-state index contributed by atoms with van der Waals surface area (Å²) in [4.78, 5) is 36.2. The lowest BCUT2D eigenvalue weighted by Gasteiger charge is -2.30. The largest absolute Gasteiger partial charge is 0.480 e. The fraction of sp³-hybridized carbons (Fsp3) is 0.786. The lowest BCUT2D eigenvalue weighted by atomic mass is 9.99. The minimum absolute atomic E-state index is 0.0381. The highest BCUT2D eigenvalue weighted by Crippen LogP contribution is 2.23. The maximum Gasteiger partial charge on any atom is 0.326 e. The molecule has 1 fully saturated rings. The molecule has 21 heavy (non-hydrogen) atoms. The Hall–Kier alpha value is -1.79. The summed E-state index contributed by atoms with van der Waals surface area (Å²) in [7, 11) is 0. The smallest absolute Gasteiger partial charge is 0.326 e. The van der Waals surface area contributed by atoms with Crippen LogP contribution < -0.4 is 11.1 Å². The molecule has 0 saturated heterocycles. The first-order chi connectivity index (χ1) is 9.86. The van der Waals surface area contributed by atoms with Gasteiger partial charge in [-0.15, -0.1) is 0 Å². The van der Waals surface area contributed by atoms with E-state index in [9.17, 15) is 19.5 Å². The Morgan fingerprint density at radius 1 is 1.33 bits per heavy atom. The normalized spacial score (nSPS) is 18.0. The Kier molecular flexibility index (Phi) is 6.45. The van der Waals surface area contributed by atoms with Gasteiger partial charge in [0.15, 0.2) is 0 Å². The summed E-state index contributed by atoms with van der Waals surface area (Å²) in [5, 5.41) is 11.8. The van der Waals surface area contributed by atoms with E-state index >= 15 is 0 Å². The van der Waals surface area contributed by atoms with Gasteiger partial charge in [-0.3, -0.25) is 4.79 Å². The lowest BCUT2D eigenvalue weighted by Crippen LogP contribution is -2.54. The number of hydrogen-bond acceptors (Lipinski definition) is 3. The van der Waals surface area contributed by atoms with Crippen LogP contribution in [0.5, 0.6) is 0 Å².